The van der Waals surface area contributed by atoms with E-state index in [0.717, 1.165) is 5.69 Å². The molecule has 4 nitrogen and oxygen atoms in total. The van der Waals surface area contributed by atoms with Crippen LogP contribution < -0.4 is 5.73 Å². The molecule has 88 valence electrons. The maximum Gasteiger partial charge on any atom is 0.274 e. The Kier molecular flexibility index (Phi) is 1.89. The topological polar surface area (TPSA) is 56.7 Å². The highest BCUT2D eigenvalue weighted by molar-refractivity contribution is 5.33. The van der Waals surface area contributed by atoms with Gasteiger partial charge >= 0.3 is 0 Å². The molecule has 0 saturated heterocycles. The second-order valence-electron chi connectivity index (χ2n) is 4.24. The standard InChI is InChI=1S/C11H10F2N4/c12-11(13)7-10(11,14)9-6-17(16-15-9)8-4-2-1-3-5-8/h1-6H,7,14H2. The van der Waals surface area contributed by atoms with Gasteiger partial charge in [-0.1, -0.05) is 23.4 Å². The Bertz CT molecular complexity index is 552. The van der Waals surface area contributed by atoms with Crippen molar-refractivity contribution in [1.82, 2.24) is 15.0 Å². The summed E-state index contributed by atoms with van der Waals surface area (Å²) in [5.41, 5.74) is 4.83. The summed E-state index contributed by atoms with van der Waals surface area (Å²) in [4.78, 5) is 0. The first kappa shape index (κ1) is 10.3. The first-order valence-corrected chi connectivity index (χ1v) is 5.18. The predicted octanol–water partition coefficient (Wildman–Crippen LogP) is 1.46. The van der Waals surface area contributed by atoms with Gasteiger partial charge in [0.2, 0.25) is 0 Å². The van der Waals surface area contributed by atoms with Crippen LogP contribution in [0, 0.1) is 0 Å². The molecule has 1 unspecified atom stereocenters. The Morgan fingerprint density at radius 1 is 1.24 bits per heavy atom. The average molecular weight is 236 g/mol. The number of aromatic nitrogens is 3. The van der Waals surface area contributed by atoms with Gasteiger partial charge in [0.05, 0.1) is 11.9 Å². The minimum absolute atomic E-state index is 0.131. The van der Waals surface area contributed by atoms with Crippen LogP contribution >= 0.6 is 0 Å². The predicted molar refractivity (Wildman–Crippen MR) is 56.8 cm³/mol. The van der Waals surface area contributed by atoms with E-state index >= 15 is 0 Å². The molecule has 17 heavy (non-hydrogen) atoms. The van der Waals surface area contributed by atoms with E-state index in [-0.39, 0.29) is 12.1 Å². The van der Waals surface area contributed by atoms with Crippen molar-refractivity contribution in [3.05, 3.63) is 42.2 Å². The molecule has 2 aromatic rings. The molecule has 0 aliphatic heterocycles. The summed E-state index contributed by atoms with van der Waals surface area (Å²) < 4.78 is 27.6. The quantitative estimate of drug-likeness (QED) is 0.858. The van der Waals surface area contributed by atoms with Crippen molar-refractivity contribution in [1.29, 1.82) is 0 Å². The number of alkyl halides is 2. The summed E-state index contributed by atoms with van der Waals surface area (Å²) in [5.74, 6) is -2.87. The van der Waals surface area contributed by atoms with E-state index in [1.165, 1.54) is 10.9 Å². The van der Waals surface area contributed by atoms with Gasteiger partial charge in [-0.15, -0.1) is 5.10 Å². The molecule has 1 aliphatic carbocycles. The van der Waals surface area contributed by atoms with Gasteiger partial charge in [0.25, 0.3) is 5.92 Å². The molecule has 0 amide bonds. The minimum Gasteiger partial charge on any atom is -0.315 e. The lowest BCUT2D eigenvalue weighted by Crippen LogP contribution is -2.27. The molecular weight excluding hydrogens is 226 g/mol. The first-order chi connectivity index (χ1) is 8.03. The fourth-order valence-electron chi connectivity index (χ4n) is 1.76. The van der Waals surface area contributed by atoms with Gasteiger partial charge < -0.3 is 5.73 Å². The molecule has 1 heterocycles. The number of hydrogen-bond donors (Lipinski definition) is 1. The first-order valence-electron chi connectivity index (χ1n) is 5.18. The summed E-state index contributed by atoms with van der Waals surface area (Å²) in [6, 6.07) is 9.15. The second-order valence-corrected chi connectivity index (χ2v) is 4.24. The van der Waals surface area contributed by atoms with Crippen LogP contribution in [0.25, 0.3) is 5.69 Å². The molecule has 2 N–H and O–H groups in total. The minimum atomic E-state index is -2.87. The van der Waals surface area contributed by atoms with E-state index in [1.807, 2.05) is 30.3 Å². The summed E-state index contributed by atoms with van der Waals surface area (Å²) >= 11 is 0. The number of nitrogens with two attached hydrogens (primary N) is 1. The van der Waals surface area contributed by atoms with Gasteiger partial charge in [-0.2, -0.15) is 0 Å². The van der Waals surface area contributed by atoms with Gasteiger partial charge in [0.15, 0.2) is 0 Å². The molecule has 0 spiro atoms. The van der Waals surface area contributed by atoms with Crippen molar-refractivity contribution in [3.8, 4) is 5.69 Å². The Labute approximate surface area is 96.0 Å². The van der Waals surface area contributed by atoms with Crippen molar-refractivity contribution in [3.63, 3.8) is 0 Å². The molecule has 3 rings (SSSR count). The van der Waals surface area contributed by atoms with Gasteiger partial charge in [0, 0.05) is 6.42 Å². The van der Waals surface area contributed by atoms with Crippen LogP contribution in [0.4, 0.5) is 8.78 Å². The van der Waals surface area contributed by atoms with Crippen LogP contribution in [0.2, 0.25) is 0 Å². The summed E-state index contributed by atoms with van der Waals surface area (Å²) in [5, 5.41) is 7.54. The monoisotopic (exact) mass is 236 g/mol. The van der Waals surface area contributed by atoms with E-state index in [1.54, 1.807) is 0 Å². The zero-order valence-electron chi connectivity index (χ0n) is 8.85. The van der Waals surface area contributed by atoms with E-state index in [4.69, 9.17) is 5.73 Å². The number of benzene rings is 1. The smallest absolute Gasteiger partial charge is 0.274 e. The van der Waals surface area contributed by atoms with Crippen LogP contribution in [0.3, 0.4) is 0 Å². The maximum absolute atomic E-state index is 13.1. The Morgan fingerprint density at radius 2 is 1.88 bits per heavy atom. The molecule has 1 atom stereocenters. The molecule has 6 heteroatoms. The largest absolute Gasteiger partial charge is 0.315 e. The molecule has 1 fully saturated rings. The van der Waals surface area contributed by atoms with Crippen molar-refractivity contribution in [2.75, 3.05) is 0 Å². The van der Waals surface area contributed by atoms with Crippen LogP contribution in [0.5, 0.6) is 0 Å². The van der Waals surface area contributed by atoms with E-state index < -0.39 is 11.5 Å². The van der Waals surface area contributed by atoms with Gasteiger partial charge in [0.1, 0.15) is 11.2 Å². The number of para-hydroxylation sites is 1. The molecule has 1 aliphatic rings. The number of hydrogen-bond acceptors (Lipinski definition) is 3. The third kappa shape index (κ3) is 1.44. The Balaban J connectivity index is 1.95. The molecule has 0 bridgehead atoms. The lowest BCUT2D eigenvalue weighted by molar-refractivity contribution is 0.0881. The van der Waals surface area contributed by atoms with E-state index in [2.05, 4.69) is 10.3 Å². The normalized spacial score (nSPS) is 25.8. The van der Waals surface area contributed by atoms with Gasteiger partial charge in [-0.3, -0.25) is 0 Å². The molecule has 1 aromatic carbocycles. The van der Waals surface area contributed by atoms with Crippen molar-refractivity contribution >= 4 is 0 Å². The number of halogens is 2. The number of nitrogens with zero attached hydrogens (tertiary/aromatic N) is 3. The van der Waals surface area contributed by atoms with Crippen molar-refractivity contribution in [2.24, 2.45) is 5.73 Å². The third-order valence-electron chi connectivity index (χ3n) is 3.00. The van der Waals surface area contributed by atoms with Crippen LogP contribution in [0.15, 0.2) is 36.5 Å². The van der Waals surface area contributed by atoms with Crippen LogP contribution in [-0.4, -0.2) is 20.9 Å². The fourth-order valence-corrected chi connectivity index (χ4v) is 1.76. The van der Waals surface area contributed by atoms with Crippen molar-refractivity contribution < 1.29 is 8.78 Å². The van der Waals surface area contributed by atoms with Crippen molar-refractivity contribution in [2.45, 2.75) is 17.9 Å². The van der Waals surface area contributed by atoms with Gasteiger partial charge in [-0.05, 0) is 12.1 Å². The Morgan fingerprint density at radius 3 is 2.47 bits per heavy atom. The highest BCUT2D eigenvalue weighted by Crippen LogP contribution is 2.56. The Hall–Kier alpha value is -1.82. The SMILES string of the molecule is NC1(c2cn(-c3ccccc3)nn2)CC1(F)F. The van der Waals surface area contributed by atoms with E-state index in [9.17, 15) is 8.78 Å². The lowest BCUT2D eigenvalue weighted by Gasteiger charge is -2.04. The van der Waals surface area contributed by atoms with E-state index in [0.29, 0.717) is 0 Å². The third-order valence-corrected chi connectivity index (χ3v) is 3.00. The number of rotatable bonds is 2. The lowest BCUT2D eigenvalue weighted by atomic mass is 10.2. The zero-order valence-corrected chi connectivity index (χ0v) is 8.85. The molecule has 1 aromatic heterocycles. The molecule has 0 radical (unpaired) electrons. The highest BCUT2D eigenvalue weighted by atomic mass is 19.3. The van der Waals surface area contributed by atoms with Gasteiger partial charge in [-0.25, -0.2) is 13.5 Å². The summed E-state index contributed by atoms with van der Waals surface area (Å²) in [6.45, 7) is 0. The highest BCUT2D eigenvalue weighted by Gasteiger charge is 2.71. The van der Waals surface area contributed by atoms with Crippen LogP contribution in [0.1, 0.15) is 12.1 Å². The second kappa shape index (κ2) is 3.10. The zero-order chi connectivity index (χ0) is 12.1. The average Bonchev–Trinajstić information content (AvgIpc) is 2.72. The summed E-state index contributed by atoms with van der Waals surface area (Å²) in [7, 11) is 0. The van der Waals surface area contributed by atoms with Crippen LogP contribution in [-0.2, 0) is 5.54 Å². The summed E-state index contributed by atoms with van der Waals surface area (Å²) in [6.07, 6.45) is 1.09. The maximum atomic E-state index is 13.1. The molecule has 1 saturated carbocycles. The fraction of sp³-hybridized carbons (Fsp3) is 0.273. The molecular formula is C11H10F2N4.